The Balaban J connectivity index is 2.22. The van der Waals surface area contributed by atoms with Crippen LogP contribution in [0.2, 0.25) is 0 Å². The minimum absolute atomic E-state index is 0.151. The number of nitrogens with zero attached hydrogens (tertiary/aromatic N) is 2. The molecule has 110 valence electrons. The summed E-state index contributed by atoms with van der Waals surface area (Å²) in [6, 6.07) is 16.3. The molecule has 0 aromatic heterocycles. The number of rotatable bonds is 5. The molecule has 1 N–H and O–H groups in total. The first-order valence-electron chi connectivity index (χ1n) is 6.12. The molecule has 0 atom stereocenters. The van der Waals surface area contributed by atoms with E-state index >= 15 is 0 Å². The zero-order valence-electron chi connectivity index (χ0n) is 11.2. The third kappa shape index (κ3) is 4.04. The SMILES string of the molecule is N#Cc1ccccc1SSc1ccccc1C(=N)C=[N+]([O-])[O-]. The van der Waals surface area contributed by atoms with Crippen LogP contribution in [-0.4, -0.2) is 16.8 Å². The first-order valence-corrected chi connectivity index (χ1v) is 8.27. The van der Waals surface area contributed by atoms with Crippen molar-refractivity contribution in [1.82, 2.24) is 0 Å². The van der Waals surface area contributed by atoms with E-state index < -0.39 is 4.90 Å². The van der Waals surface area contributed by atoms with Crippen molar-refractivity contribution in [3.63, 3.8) is 0 Å². The van der Waals surface area contributed by atoms with Crippen LogP contribution >= 0.6 is 21.6 Å². The molecule has 0 saturated carbocycles. The second-order valence-corrected chi connectivity index (χ2v) is 6.31. The topological polar surface area (TPSA) is 96.8 Å². The third-order valence-electron chi connectivity index (χ3n) is 2.64. The van der Waals surface area contributed by atoms with Crippen LogP contribution in [0.15, 0.2) is 58.3 Å². The predicted molar refractivity (Wildman–Crippen MR) is 89.2 cm³/mol. The zero-order chi connectivity index (χ0) is 15.9. The average Bonchev–Trinajstić information content (AvgIpc) is 2.52. The van der Waals surface area contributed by atoms with Gasteiger partial charge in [0.25, 0.3) is 0 Å². The van der Waals surface area contributed by atoms with Gasteiger partial charge in [0.1, 0.15) is 11.8 Å². The molecule has 0 aliphatic heterocycles. The van der Waals surface area contributed by atoms with Gasteiger partial charge in [-0.2, -0.15) is 10.2 Å². The Bertz CT molecular complexity index is 765. The van der Waals surface area contributed by atoms with Crippen LogP contribution in [-0.2, 0) is 0 Å². The summed E-state index contributed by atoms with van der Waals surface area (Å²) in [5, 5.41) is 37.9. The summed E-state index contributed by atoms with van der Waals surface area (Å²) in [7, 11) is 2.76. The lowest BCUT2D eigenvalue weighted by atomic mass is 10.1. The summed E-state index contributed by atoms with van der Waals surface area (Å²) in [5.74, 6) is 0. The Hall–Kier alpha value is -2.43. The van der Waals surface area contributed by atoms with E-state index in [1.54, 1.807) is 30.3 Å². The Morgan fingerprint density at radius 1 is 1.05 bits per heavy atom. The van der Waals surface area contributed by atoms with Crippen molar-refractivity contribution in [2.75, 3.05) is 0 Å². The lowest BCUT2D eigenvalue weighted by Crippen LogP contribution is -2.08. The van der Waals surface area contributed by atoms with Crippen molar-refractivity contribution in [2.45, 2.75) is 9.79 Å². The van der Waals surface area contributed by atoms with Gasteiger partial charge >= 0.3 is 0 Å². The quantitative estimate of drug-likeness (QED) is 0.389. The molecule has 2 rings (SSSR count). The second-order valence-electron chi connectivity index (χ2n) is 4.10. The monoisotopic (exact) mass is 328 g/mol. The minimum Gasteiger partial charge on any atom is -0.612 e. The van der Waals surface area contributed by atoms with Gasteiger partial charge in [-0.05, 0) is 18.2 Å². The van der Waals surface area contributed by atoms with Crippen LogP contribution in [0.5, 0.6) is 0 Å². The van der Waals surface area contributed by atoms with E-state index in [0.29, 0.717) is 17.3 Å². The minimum atomic E-state index is -0.637. The fourth-order valence-electron chi connectivity index (χ4n) is 1.66. The average molecular weight is 328 g/mol. The van der Waals surface area contributed by atoms with Crippen LogP contribution in [0.3, 0.4) is 0 Å². The van der Waals surface area contributed by atoms with Crippen molar-refractivity contribution in [3.05, 3.63) is 70.1 Å². The molecule has 0 unspecified atom stereocenters. The first-order chi connectivity index (χ1) is 10.6. The summed E-state index contributed by atoms with van der Waals surface area (Å²) < 4.78 is 0. The molecule has 0 radical (unpaired) electrons. The van der Waals surface area contributed by atoms with Gasteiger partial charge in [0.05, 0.1) is 5.56 Å². The van der Waals surface area contributed by atoms with E-state index in [4.69, 9.17) is 10.7 Å². The van der Waals surface area contributed by atoms with E-state index in [1.807, 2.05) is 18.2 Å². The van der Waals surface area contributed by atoms with Gasteiger partial charge in [0.15, 0.2) is 0 Å². The maximum atomic E-state index is 10.5. The van der Waals surface area contributed by atoms with Gasteiger partial charge in [0, 0.05) is 15.4 Å². The fourth-order valence-corrected chi connectivity index (χ4v) is 3.99. The van der Waals surface area contributed by atoms with Crippen LogP contribution in [0.25, 0.3) is 0 Å². The maximum absolute atomic E-state index is 10.5. The summed E-state index contributed by atoms with van der Waals surface area (Å²) in [5.41, 5.74) is 0.915. The number of nitrogens with one attached hydrogen (secondary N) is 1. The normalized spacial score (nSPS) is 9.77. The highest BCUT2D eigenvalue weighted by Gasteiger charge is 2.10. The van der Waals surface area contributed by atoms with Crippen LogP contribution in [0, 0.1) is 27.2 Å². The van der Waals surface area contributed by atoms with E-state index in [-0.39, 0.29) is 5.71 Å². The largest absolute Gasteiger partial charge is 0.612 e. The Morgan fingerprint density at radius 3 is 2.32 bits per heavy atom. The Kier molecular flexibility index (Phi) is 5.47. The molecule has 0 heterocycles. The zero-order valence-corrected chi connectivity index (χ0v) is 12.9. The van der Waals surface area contributed by atoms with Gasteiger partial charge in [0.2, 0.25) is 6.21 Å². The van der Waals surface area contributed by atoms with Gasteiger partial charge in [-0.3, -0.25) is 5.41 Å². The lowest BCUT2D eigenvalue weighted by molar-refractivity contribution is -0.371. The van der Waals surface area contributed by atoms with E-state index in [1.165, 1.54) is 21.6 Å². The molecule has 0 amide bonds. The van der Waals surface area contributed by atoms with E-state index in [2.05, 4.69) is 6.07 Å². The summed E-state index contributed by atoms with van der Waals surface area (Å²) in [6.45, 7) is 0. The highest BCUT2D eigenvalue weighted by molar-refractivity contribution is 8.76. The molecule has 0 fully saturated rings. The summed E-state index contributed by atoms with van der Waals surface area (Å²) in [4.78, 5) is 0.917. The van der Waals surface area contributed by atoms with Crippen LogP contribution in [0.4, 0.5) is 0 Å². The molecule has 7 heteroatoms. The van der Waals surface area contributed by atoms with Crippen molar-refractivity contribution in [3.8, 4) is 6.07 Å². The first kappa shape index (κ1) is 15.9. The summed E-state index contributed by atoms with van der Waals surface area (Å²) >= 11 is 0. The van der Waals surface area contributed by atoms with Crippen LogP contribution in [0.1, 0.15) is 11.1 Å². The van der Waals surface area contributed by atoms with Gasteiger partial charge in [-0.25, -0.2) is 0 Å². The maximum Gasteiger partial charge on any atom is 0.212 e. The third-order valence-corrected chi connectivity index (χ3v) is 5.12. The second kappa shape index (κ2) is 7.54. The molecular formula is C15H10N3O2S2-. The van der Waals surface area contributed by atoms with Crippen molar-refractivity contribution in [1.29, 1.82) is 10.7 Å². The molecule has 0 aliphatic carbocycles. The van der Waals surface area contributed by atoms with Crippen molar-refractivity contribution < 1.29 is 4.90 Å². The number of nitriles is 1. The molecule has 0 bridgehead atoms. The van der Waals surface area contributed by atoms with Crippen molar-refractivity contribution in [2.24, 2.45) is 0 Å². The number of benzene rings is 2. The Morgan fingerprint density at radius 2 is 1.64 bits per heavy atom. The molecule has 2 aromatic carbocycles. The van der Waals surface area contributed by atoms with E-state index in [0.717, 1.165) is 9.79 Å². The van der Waals surface area contributed by atoms with Gasteiger partial charge in [-0.1, -0.05) is 51.9 Å². The smallest absolute Gasteiger partial charge is 0.212 e. The standard InChI is InChI=1S/C15H10N3O2S2/c16-9-11-5-1-3-7-14(11)21-22-15-8-4-2-6-12(15)13(17)10-18(19)20/h1-8,10,17H/q-1. The molecule has 5 nitrogen and oxygen atoms in total. The van der Waals surface area contributed by atoms with Crippen molar-refractivity contribution >= 4 is 33.5 Å². The molecule has 0 spiro atoms. The molecule has 2 aromatic rings. The fraction of sp³-hybridized carbons (Fsp3) is 0. The van der Waals surface area contributed by atoms with E-state index in [9.17, 15) is 10.4 Å². The summed E-state index contributed by atoms with van der Waals surface area (Å²) in [6.07, 6.45) is 0.674. The molecular weight excluding hydrogens is 318 g/mol. The number of hydrogen-bond acceptors (Lipinski definition) is 6. The highest BCUT2D eigenvalue weighted by atomic mass is 33.1. The van der Waals surface area contributed by atoms with Crippen LogP contribution < -0.4 is 0 Å². The molecule has 0 aliphatic rings. The highest BCUT2D eigenvalue weighted by Crippen LogP contribution is 2.40. The molecule has 0 saturated heterocycles. The number of hydrogen-bond donors (Lipinski definition) is 1. The van der Waals surface area contributed by atoms with Gasteiger partial charge in [-0.15, -0.1) is 0 Å². The Labute approximate surface area is 135 Å². The lowest BCUT2D eigenvalue weighted by Gasteiger charge is -2.08. The van der Waals surface area contributed by atoms with Gasteiger partial charge < -0.3 is 10.4 Å². The predicted octanol–water partition coefficient (Wildman–Crippen LogP) is 3.80. The molecule has 22 heavy (non-hydrogen) atoms.